The summed E-state index contributed by atoms with van der Waals surface area (Å²) in [7, 11) is 1.71. The smallest absolute Gasteiger partial charge is 0.289 e. The van der Waals surface area contributed by atoms with Gasteiger partial charge in [-0.25, -0.2) is 0 Å². The van der Waals surface area contributed by atoms with Crippen LogP contribution in [0.3, 0.4) is 0 Å². The molecule has 1 aromatic heterocycles. The Hall–Kier alpha value is -2.45. The molecule has 0 saturated carbocycles. The molecule has 2 aromatic rings. The number of amides is 1. The van der Waals surface area contributed by atoms with Crippen LogP contribution in [0.25, 0.3) is 0 Å². The molecule has 1 heterocycles. The van der Waals surface area contributed by atoms with Crippen LogP contribution in [0.15, 0.2) is 30.6 Å². The van der Waals surface area contributed by atoms with E-state index in [2.05, 4.69) is 10.4 Å². The zero-order valence-corrected chi connectivity index (χ0v) is 11.7. The van der Waals surface area contributed by atoms with Gasteiger partial charge >= 0.3 is 0 Å². The first-order chi connectivity index (χ1) is 9.88. The number of nitrogens with one attached hydrogen (secondary N) is 1. The molecule has 8 nitrogen and oxygen atoms in total. The van der Waals surface area contributed by atoms with Crippen LogP contribution in [0.5, 0.6) is 0 Å². The summed E-state index contributed by atoms with van der Waals surface area (Å²) in [6, 6.07) is 3.05. The van der Waals surface area contributed by atoms with Gasteiger partial charge in [0.1, 0.15) is 11.1 Å². The van der Waals surface area contributed by atoms with Gasteiger partial charge in [-0.05, 0) is 12.1 Å². The second kappa shape index (κ2) is 5.90. The summed E-state index contributed by atoms with van der Waals surface area (Å²) in [4.78, 5) is 22.2. The van der Waals surface area contributed by atoms with Gasteiger partial charge in [0.15, 0.2) is 0 Å². The van der Waals surface area contributed by atoms with E-state index < -0.39 is 16.9 Å². The van der Waals surface area contributed by atoms with Gasteiger partial charge in [0, 0.05) is 30.6 Å². The molecule has 2 rings (SSSR count). The second-order valence-corrected chi connectivity index (χ2v) is 4.74. The third-order valence-corrected chi connectivity index (χ3v) is 3.10. The average molecular weight is 310 g/mol. The molecule has 1 aromatic carbocycles. The summed E-state index contributed by atoms with van der Waals surface area (Å²) in [5.41, 5.74) is 6.30. The quantitative estimate of drug-likeness (QED) is 0.657. The van der Waals surface area contributed by atoms with E-state index in [4.69, 9.17) is 17.3 Å². The number of rotatable bonds is 4. The lowest BCUT2D eigenvalue weighted by molar-refractivity contribution is -0.384. The van der Waals surface area contributed by atoms with Crippen molar-refractivity contribution in [2.75, 3.05) is 5.32 Å². The summed E-state index contributed by atoms with van der Waals surface area (Å²) in [5, 5.41) is 17.2. The normalized spacial score (nSPS) is 12.0. The second-order valence-electron chi connectivity index (χ2n) is 4.34. The van der Waals surface area contributed by atoms with Crippen molar-refractivity contribution in [3.8, 4) is 0 Å². The topological polar surface area (TPSA) is 116 Å². The molecule has 9 heteroatoms. The molecule has 0 aliphatic carbocycles. The minimum absolute atomic E-state index is 0.00504. The maximum absolute atomic E-state index is 12.0. The lowest BCUT2D eigenvalue weighted by Gasteiger charge is -2.10. The number of halogens is 1. The van der Waals surface area contributed by atoms with Crippen molar-refractivity contribution < 1.29 is 9.72 Å². The van der Waals surface area contributed by atoms with Gasteiger partial charge in [-0.15, -0.1) is 0 Å². The van der Waals surface area contributed by atoms with Crippen LogP contribution >= 0.6 is 11.6 Å². The number of carbonyl (C=O) groups is 1. The molecule has 0 aliphatic rings. The minimum Gasteiger partial charge on any atom is -0.324 e. The Kier molecular flexibility index (Phi) is 4.20. The van der Waals surface area contributed by atoms with Crippen LogP contribution < -0.4 is 11.1 Å². The number of carbonyl (C=O) groups excluding carboxylic acids is 1. The van der Waals surface area contributed by atoms with Gasteiger partial charge in [0.25, 0.3) is 5.69 Å². The van der Waals surface area contributed by atoms with Gasteiger partial charge in [-0.2, -0.15) is 5.10 Å². The van der Waals surface area contributed by atoms with Crippen LogP contribution in [-0.4, -0.2) is 20.6 Å². The maximum atomic E-state index is 12.0. The summed E-state index contributed by atoms with van der Waals surface area (Å²) in [6.07, 6.45) is 3.10. The standard InChI is InChI=1S/C12H12ClN5O3/c1-17-6-7(5-15-17)11(14)12(19)16-8-2-3-9(13)10(4-8)18(20)21/h2-6,11H,14H2,1H3,(H,16,19). The van der Waals surface area contributed by atoms with E-state index in [0.717, 1.165) is 0 Å². The molecule has 1 unspecified atom stereocenters. The van der Waals surface area contributed by atoms with Crippen LogP contribution in [0.1, 0.15) is 11.6 Å². The van der Waals surface area contributed by atoms with E-state index in [-0.39, 0.29) is 16.4 Å². The molecule has 0 spiro atoms. The summed E-state index contributed by atoms with van der Waals surface area (Å²) < 4.78 is 1.52. The number of nitrogens with two attached hydrogens (primary N) is 1. The number of nitrogens with zero attached hydrogens (tertiary/aromatic N) is 3. The van der Waals surface area contributed by atoms with Crippen molar-refractivity contribution in [2.45, 2.75) is 6.04 Å². The van der Waals surface area contributed by atoms with E-state index >= 15 is 0 Å². The predicted octanol–water partition coefficient (Wildman–Crippen LogP) is 1.62. The Labute approximate surface area is 124 Å². The molecule has 0 aliphatic heterocycles. The van der Waals surface area contributed by atoms with Crippen molar-refractivity contribution in [2.24, 2.45) is 12.8 Å². The van der Waals surface area contributed by atoms with Crippen LogP contribution in [-0.2, 0) is 11.8 Å². The zero-order valence-electron chi connectivity index (χ0n) is 11.0. The highest BCUT2D eigenvalue weighted by Gasteiger charge is 2.19. The van der Waals surface area contributed by atoms with Gasteiger partial charge in [0.2, 0.25) is 5.91 Å². The van der Waals surface area contributed by atoms with Gasteiger partial charge in [-0.3, -0.25) is 19.6 Å². The number of hydrogen-bond donors (Lipinski definition) is 2. The molecule has 0 saturated heterocycles. The zero-order chi connectivity index (χ0) is 15.6. The van der Waals surface area contributed by atoms with Crippen molar-refractivity contribution in [1.29, 1.82) is 0 Å². The number of hydrogen-bond acceptors (Lipinski definition) is 5. The van der Waals surface area contributed by atoms with Crippen molar-refractivity contribution in [1.82, 2.24) is 9.78 Å². The fourth-order valence-electron chi connectivity index (χ4n) is 1.70. The van der Waals surface area contributed by atoms with Crippen LogP contribution in [0.2, 0.25) is 5.02 Å². The number of nitro groups is 1. The van der Waals surface area contributed by atoms with E-state index in [1.807, 2.05) is 0 Å². The molecule has 110 valence electrons. The van der Waals surface area contributed by atoms with Gasteiger partial charge < -0.3 is 11.1 Å². The molecule has 0 radical (unpaired) electrons. The number of benzene rings is 1. The molecule has 3 N–H and O–H groups in total. The highest BCUT2D eigenvalue weighted by molar-refractivity contribution is 6.32. The molecule has 21 heavy (non-hydrogen) atoms. The number of aryl methyl sites for hydroxylation is 1. The van der Waals surface area contributed by atoms with Gasteiger partial charge in [0.05, 0.1) is 11.1 Å². The number of anilines is 1. The van der Waals surface area contributed by atoms with Crippen LogP contribution in [0, 0.1) is 10.1 Å². The minimum atomic E-state index is -0.923. The number of nitro benzene ring substituents is 1. The van der Waals surface area contributed by atoms with Crippen molar-refractivity contribution in [3.05, 3.63) is 51.3 Å². The lowest BCUT2D eigenvalue weighted by Crippen LogP contribution is -2.27. The first kappa shape index (κ1) is 14.9. The van der Waals surface area contributed by atoms with E-state index in [9.17, 15) is 14.9 Å². The molecular weight excluding hydrogens is 298 g/mol. The molecular formula is C12H12ClN5O3. The molecule has 0 bridgehead atoms. The Morgan fingerprint density at radius 1 is 1.57 bits per heavy atom. The largest absolute Gasteiger partial charge is 0.324 e. The fraction of sp³-hybridized carbons (Fsp3) is 0.167. The molecule has 0 fully saturated rings. The Morgan fingerprint density at radius 2 is 2.29 bits per heavy atom. The fourth-order valence-corrected chi connectivity index (χ4v) is 1.89. The molecule has 1 atom stereocenters. The third kappa shape index (κ3) is 3.36. The SMILES string of the molecule is Cn1cc(C(N)C(=O)Nc2ccc(Cl)c([N+](=O)[O-])c2)cn1. The summed E-state index contributed by atoms with van der Waals surface area (Å²) in [5.74, 6) is -0.500. The van der Waals surface area contributed by atoms with Crippen LogP contribution in [0.4, 0.5) is 11.4 Å². The Morgan fingerprint density at radius 3 is 2.86 bits per heavy atom. The first-order valence-electron chi connectivity index (χ1n) is 5.87. The monoisotopic (exact) mass is 309 g/mol. The van der Waals surface area contributed by atoms with Gasteiger partial charge in [-0.1, -0.05) is 11.6 Å². The van der Waals surface area contributed by atoms with Crippen molar-refractivity contribution in [3.63, 3.8) is 0 Å². The Balaban J connectivity index is 2.16. The highest BCUT2D eigenvalue weighted by atomic mass is 35.5. The lowest BCUT2D eigenvalue weighted by atomic mass is 10.1. The predicted molar refractivity (Wildman–Crippen MR) is 76.9 cm³/mol. The molecule has 1 amide bonds. The van der Waals surface area contributed by atoms with Crippen molar-refractivity contribution >= 4 is 28.9 Å². The first-order valence-corrected chi connectivity index (χ1v) is 6.25. The third-order valence-electron chi connectivity index (χ3n) is 2.78. The van der Waals surface area contributed by atoms with E-state index in [1.54, 1.807) is 13.2 Å². The average Bonchev–Trinajstić information content (AvgIpc) is 2.86. The van der Waals surface area contributed by atoms with E-state index in [0.29, 0.717) is 5.56 Å². The number of aromatic nitrogens is 2. The summed E-state index contributed by atoms with van der Waals surface area (Å²) >= 11 is 5.70. The Bertz CT molecular complexity index is 700. The van der Waals surface area contributed by atoms with E-state index in [1.165, 1.54) is 29.1 Å². The summed E-state index contributed by atoms with van der Waals surface area (Å²) in [6.45, 7) is 0. The highest BCUT2D eigenvalue weighted by Crippen LogP contribution is 2.27. The maximum Gasteiger partial charge on any atom is 0.289 e.